The maximum absolute atomic E-state index is 12.4. The van der Waals surface area contributed by atoms with Crippen LogP contribution in [0, 0.1) is 0 Å². The van der Waals surface area contributed by atoms with Crippen molar-refractivity contribution in [3.63, 3.8) is 0 Å². The molecule has 0 atom stereocenters. The number of nitrogens with one attached hydrogen (secondary N) is 2. The number of hydrogen-bond donors (Lipinski definition) is 2. The number of anilines is 1. The summed E-state index contributed by atoms with van der Waals surface area (Å²) in [6.45, 7) is 1.32. The van der Waals surface area contributed by atoms with Crippen LogP contribution in [0.5, 0.6) is 0 Å². The molecule has 0 radical (unpaired) electrons. The molecule has 148 valence electrons. The van der Waals surface area contributed by atoms with Crippen molar-refractivity contribution < 1.29 is 9.59 Å². The van der Waals surface area contributed by atoms with Crippen molar-refractivity contribution in [1.82, 2.24) is 15.6 Å². The van der Waals surface area contributed by atoms with Crippen LogP contribution in [-0.4, -0.2) is 37.4 Å². The van der Waals surface area contributed by atoms with Crippen molar-refractivity contribution >= 4 is 42.3 Å². The van der Waals surface area contributed by atoms with Gasteiger partial charge in [-0.2, -0.15) is 0 Å². The second-order valence-electron chi connectivity index (χ2n) is 5.75. The van der Waals surface area contributed by atoms with Gasteiger partial charge < -0.3 is 15.5 Å². The molecule has 8 heteroatoms. The first-order valence-corrected chi connectivity index (χ1v) is 8.30. The molecule has 0 aliphatic carbocycles. The number of benzene rings is 1. The molecule has 2 aromatic rings. The molecule has 1 heterocycles. The van der Waals surface area contributed by atoms with Crippen LogP contribution in [0.25, 0.3) is 0 Å². The van der Waals surface area contributed by atoms with Crippen molar-refractivity contribution in [2.24, 2.45) is 0 Å². The molecule has 2 rings (SSSR count). The summed E-state index contributed by atoms with van der Waals surface area (Å²) in [6, 6.07) is 11.0. The average molecular weight is 413 g/mol. The molecule has 0 saturated heterocycles. The predicted octanol–water partition coefficient (Wildman–Crippen LogP) is 2.82. The second-order valence-corrected chi connectivity index (χ2v) is 5.75. The number of carbonyl (C=O) groups excluding carboxylic acids is 2. The summed E-state index contributed by atoms with van der Waals surface area (Å²) in [7, 11) is 3.61. The van der Waals surface area contributed by atoms with Crippen LogP contribution in [0.4, 0.5) is 5.69 Å². The highest BCUT2D eigenvalue weighted by Crippen LogP contribution is 2.16. The zero-order chi connectivity index (χ0) is 18.1. The summed E-state index contributed by atoms with van der Waals surface area (Å²) in [4.78, 5) is 29.6. The van der Waals surface area contributed by atoms with E-state index in [2.05, 4.69) is 15.6 Å². The van der Waals surface area contributed by atoms with E-state index in [1.54, 1.807) is 36.5 Å². The van der Waals surface area contributed by atoms with Crippen LogP contribution in [-0.2, 0) is 11.3 Å². The lowest BCUT2D eigenvalue weighted by atomic mass is 10.1. The fourth-order valence-electron chi connectivity index (χ4n) is 2.36. The quantitative estimate of drug-likeness (QED) is 0.653. The zero-order valence-electron chi connectivity index (χ0n) is 15.5. The third-order valence-electron chi connectivity index (χ3n) is 3.88. The van der Waals surface area contributed by atoms with Gasteiger partial charge in [0.25, 0.3) is 5.91 Å². The molecule has 0 fully saturated rings. The fraction of sp³-hybridized carbons (Fsp3) is 0.316. The van der Waals surface area contributed by atoms with Crippen LogP contribution >= 0.6 is 24.8 Å². The topological polar surface area (TPSA) is 74.3 Å². The number of halogens is 2. The van der Waals surface area contributed by atoms with Crippen LogP contribution < -0.4 is 15.5 Å². The Balaban J connectivity index is 0.00000338. The molecule has 1 aromatic heterocycles. The number of hydrogen-bond acceptors (Lipinski definition) is 4. The number of carbonyl (C=O) groups is 2. The normalized spacial score (nSPS) is 9.56. The van der Waals surface area contributed by atoms with E-state index in [4.69, 9.17) is 0 Å². The van der Waals surface area contributed by atoms with E-state index in [1.807, 2.05) is 31.3 Å². The first kappa shape index (κ1) is 24.8. The third kappa shape index (κ3) is 7.95. The molecule has 0 bridgehead atoms. The van der Waals surface area contributed by atoms with Crippen molar-refractivity contribution in [2.45, 2.75) is 19.4 Å². The summed E-state index contributed by atoms with van der Waals surface area (Å²) >= 11 is 0. The lowest BCUT2D eigenvalue weighted by Gasteiger charge is -2.17. The Morgan fingerprint density at radius 1 is 1.04 bits per heavy atom. The molecule has 0 aliphatic heterocycles. The lowest BCUT2D eigenvalue weighted by Crippen LogP contribution is -2.26. The number of amides is 2. The molecule has 1 aromatic carbocycles. The molecule has 0 saturated carbocycles. The lowest BCUT2D eigenvalue weighted by molar-refractivity contribution is -0.121. The summed E-state index contributed by atoms with van der Waals surface area (Å²) in [5, 5.41) is 5.92. The maximum Gasteiger partial charge on any atom is 0.258 e. The smallest absolute Gasteiger partial charge is 0.258 e. The molecule has 2 amide bonds. The van der Waals surface area contributed by atoms with Gasteiger partial charge in [0.2, 0.25) is 5.91 Å². The van der Waals surface area contributed by atoms with E-state index in [9.17, 15) is 9.59 Å². The summed E-state index contributed by atoms with van der Waals surface area (Å²) in [5.74, 6) is -0.0442. The largest absolute Gasteiger partial charge is 0.352 e. The molecule has 6 nitrogen and oxygen atoms in total. The Morgan fingerprint density at radius 2 is 1.67 bits per heavy atom. The third-order valence-corrected chi connectivity index (χ3v) is 3.88. The maximum atomic E-state index is 12.4. The molecule has 0 aliphatic rings. The monoisotopic (exact) mass is 412 g/mol. The van der Waals surface area contributed by atoms with Crippen molar-refractivity contribution in [3.8, 4) is 0 Å². The van der Waals surface area contributed by atoms with Gasteiger partial charge in [0, 0.05) is 43.7 Å². The van der Waals surface area contributed by atoms with Gasteiger partial charge in [-0.05, 0) is 49.8 Å². The van der Waals surface area contributed by atoms with Gasteiger partial charge in [0.1, 0.15) is 0 Å². The highest BCUT2D eigenvalue weighted by Gasteiger charge is 2.13. The van der Waals surface area contributed by atoms with Crippen LogP contribution in [0.15, 0.2) is 48.8 Å². The molecular weight excluding hydrogens is 387 g/mol. The molecule has 0 unspecified atom stereocenters. The second kappa shape index (κ2) is 13.1. The van der Waals surface area contributed by atoms with Gasteiger partial charge in [0.05, 0.1) is 0 Å². The molecular formula is C19H26Cl2N4O2. The van der Waals surface area contributed by atoms with Gasteiger partial charge in [-0.25, -0.2) is 0 Å². The van der Waals surface area contributed by atoms with E-state index < -0.39 is 0 Å². The van der Waals surface area contributed by atoms with E-state index in [0.717, 1.165) is 24.2 Å². The van der Waals surface area contributed by atoms with E-state index in [0.29, 0.717) is 18.5 Å². The molecule has 27 heavy (non-hydrogen) atoms. The Kier molecular flexibility index (Phi) is 12.0. The minimum Gasteiger partial charge on any atom is -0.352 e. The number of aromatic nitrogens is 1. The highest BCUT2D eigenvalue weighted by molar-refractivity contribution is 6.05. The van der Waals surface area contributed by atoms with Gasteiger partial charge >= 0.3 is 0 Å². The van der Waals surface area contributed by atoms with Crippen LogP contribution in [0.3, 0.4) is 0 Å². The fourth-order valence-corrected chi connectivity index (χ4v) is 2.36. The van der Waals surface area contributed by atoms with Gasteiger partial charge in [-0.1, -0.05) is 12.1 Å². The van der Waals surface area contributed by atoms with Gasteiger partial charge in [-0.15, -0.1) is 24.8 Å². The Labute approximate surface area is 172 Å². The summed E-state index contributed by atoms with van der Waals surface area (Å²) < 4.78 is 0. The average Bonchev–Trinajstić information content (AvgIpc) is 2.66. The minimum atomic E-state index is -0.0898. The highest BCUT2D eigenvalue weighted by atomic mass is 35.5. The first-order chi connectivity index (χ1) is 12.1. The van der Waals surface area contributed by atoms with E-state index in [-0.39, 0.29) is 36.6 Å². The first-order valence-electron chi connectivity index (χ1n) is 8.30. The van der Waals surface area contributed by atoms with Crippen LogP contribution in [0.2, 0.25) is 0 Å². The van der Waals surface area contributed by atoms with Crippen molar-refractivity contribution in [1.29, 1.82) is 0 Å². The standard InChI is InChI=1S/C19H24N4O2.2ClH/c1-20-11-3-4-18(24)22-14-15-5-7-17(8-6-15)23(2)19(25)16-9-12-21-13-10-16;;/h5-10,12-13,20H,3-4,11,14H2,1-2H3,(H,22,24);2*1H. The SMILES string of the molecule is CNCCCC(=O)NCc1ccc(N(C)C(=O)c2ccncc2)cc1.Cl.Cl. The Hall–Kier alpha value is -2.15. The summed E-state index contributed by atoms with van der Waals surface area (Å²) in [6.07, 6.45) is 4.54. The van der Waals surface area contributed by atoms with E-state index >= 15 is 0 Å². The van der Waals surface area contributed by atoms with Crippen LogP contribution in [0.1, 0.15) is 28.8 Å². The van der Waals surface area contributed by atoms with Gasteiger partial charge in [-0.3, -0.25) is 14.6 Å². The number of rotatable bonds is 8. The van der Waals surface area contributed by atoms with Crippen molar-refractivity contribution in [2.75, 3.05) is 25.5 Å². The number of pyridine rings is 1. The van der Waals surface area contributed by atoms with Gasteiger partial charge in [0.15, 0.2) is 0 Å². The minimum absolute atomic E-state index is 0. The summed E-state index contributed by atoms with van der Waals surface area (Å²) in [5.41, 5.74) is 2.39. The van der Waals surface area contributed by atoms with Crippen molar-refractivity contribution in [3.05, 3.63) is 59.9 Å². The molecule has 0 spiro atoms. The Bertz CT molecular complexity index is 697. The Morgan fingerprint density at radius 3 is 2.26 bits per heavy atom. The number of nitrogens with zero attached hydrogens (tertiary/aromatic N) is 2. The zero-order valence-corrected chi connectivity index (χ0v) is 17.1. The molecule has 2 N–H and O–H groups in total. The predicted molar refractivity (Wildman–Crippen MR) is 113 cm³/mol. The van der Waals surface area contributed by atoms with E-state index in [1.165, 1.54) is 0 Å².